The van der Waals surface area contributed by atoms with Crippen molar-refractivity contribution in [2.75, 3.05) is 51.5 Å². The zero-order chi connectivity index (χ0) is 22.3. The van der Waals surface area contributed by atoms with Crippen LogP contribution in [0.25, 0.3) is 0 Å². The Morgan fingerprint density at radius 3 is 2.34 bits per heavy atom. The molecule has 2 aromatic rings. The van der Waals surface area contributed by atoms with Gasteiger partial charge in [-0.3, -0.25) is 9.59 Å². The number of carbonyl (C=O) groups is 2. The molecule has 1 saturated heterocycles. The van der Waals surface area contributed by atoms with Crippen LogP contribution in [-0.2, 0) is 22.6 Å². The molecular formula is C24H30N4O4. The molecule has 32 heavy (non-hydrogen) atoms. The van der Waals surface area contributed by atoms with Crippen molar-refractivity contribution in [2.45, 2.75) is 19.4 Å². The van der Waals surface area contributed by atoms with E-state index in [9.17, 15) is 9.59 Å². The van der Waals surface area contributed by atoms with Gasteiger partial charge in [0.1, 0.15) is 0 Å². The lowest BCUT2D eigenvalue weighted by molar-refractivity contribution is -0.139. The van der Waals surface area contributed by atoms with Gasteiger partial charge in [0.2, 0.25) is 6.79 Å². The summed E-state index contributed by atoms with van der Waals surface area (Å²) >= 11 is 0. The smallest absolute Gasteiger partial charge is 0.309 e. The van der Waals surface area contributed by atoms with Crippen LogP contribution in [0.2, 0.25) is 0 Å². The molecule has 2 heterocycles. The van der Waals surface area contributed by atoms with Gasteiger partial charge in [-0.1, -0.05) is 18.2 Å². The number of anilines is 1. The van der Waals surface area contributed by atoms with E-state index in [2.05, 4.69) is 51.7 Å². The normalized spacial score (nSPS) is 15.5. The predicted octanol–water partition coefficient (Wildman–Crippen LogP) is 1.53. The Morgan fingerprint density at radius 2 is 1.56 bits per heavy atom. The van der Waals surface area contributed by atoms with Crippen LogP contribution in [0.5, 0.6) is 11.5 Å². The molecule has 2 aromatic carbocycles. The minimum absolute atomic E-state index is 0.202. The summed E-state index contributed by atoms with van der Waals surface area (Å²) in [5.74, 6) is 0.0832. The zero-order valence-electron chi connectivity index (χ0n) is 18.4. The molecule has 0 aliphatic carbocycles. The van der Waals surface area contributed by atoms with Gasteiger partial charge >= 0.3 is 11.8 Å². The van der Waals surface area contributed by atoms with Gasteiger partial charge in [-0.25, -0.2) is 0 Å². The number of hydrogen-bond donors (Lipinski definition) is 2. The number of ether oxygens (including phenoxy) is 2. The van der Waals surface area contributed by atoms with E-state index in [1.807, 2.05) is 6.07 Å². The molecule has 1 fully saturated rings. The summed E-state index contributed by atoms with van der Waals surface area (Å²) in [6.07, 6.45) is 1.62. The number of amides is 2. The Morgan fingerprint density at radius 1 is 0.875 bits per heavy atom. The molecule has 0 radical (unpaired) electrons. The minimum atomic E-state index is -0.640. The summed E-state index contributed by atoms with van der Waals surface area (Å²) in [7, 11) is 2.15. The van der Waals surface area contributed by atoms with E-state index in [1.54, 1.807) is 12.1 Å². The van der Waals surface area contributed by atoms with Crippen LogP contribution in [-0.4, -0.2) is 63.3 Å². The Balaban J connectivity index is 1.13. The quantitative estimate of drug-likeness (QED) is 0.504. The van der Waals surface area contributed by atoms with Crippen LogP contribution < -0.4 is 25.0 Å². The minimum Gasteiger partial charge on any atom is -0.454 e. The summed E-state index contributed by atoms with van der Waals surface area (Å²) in [4.78, 5) is 28.8. The Hall–Kier alpha value is -3.26. The SMILES string of the molecule is CN1CCN(c2ccc(CCCNC(=O)C(=O)NCc3ccc4c(c3)OCO4)cc2)CC1. The highest BCUT2D eigenvalue weighted by molar-refractivity contribution is 6.35. The first-order valence-electron chi connectivity index (χ1n) is 11.1. The first-order chi connectivity index (χ1) is 15.6. The predicted molar refractivity (Wildman–Crippen MR) is 122 cm³/mol. The van der Waals surface area contributed by atoms with E-state index in [4.69, 9.17) is 9.47 Å². The molecule has 8 nitrogen and oxygen atoms in total. The molecule has 0 bridgehead atoms. The second kappa shape index (κ2) is 10.4. The van der Waals surface area contributed by atoms with Crippen molar-refractivity contribution in [1.29, 1.82) is 0 Å². The van der Waals surface area contributed by atoms with Crippen LogP contribution in [0.15, 0.2) is 42.5 Å². The number of benzene rings is 2. The Labute approximate surface area is 188 Å². The first kappa shape index (κ1) is 22.0. The molecule has 0 atom stereocenters. The molecular weight excluding hydrogens is 408 g/mol. The highest BCUT2D eigenvalue weighted by Crippen LogP contribution is 2.32. The fourth-order valence-corrected chi connectivity index (χ4v) is 3.83. The van der Waals surface area contributed by atoms with Crippen LogP contribution >= 0.6 is 0 Å². The molecule has 8 heteroatoms. The molecule has 2 aliphatic rings. The molecule has 0 saturated carbocycles. The average Bonchev–Trinajstić information content (AvgIpc) is 3.29. The Kier molecular flexibility index (Phi) is 7.11. The highest BCUT2D eigenvalue weighted by Gasteiger charge is 2.16. The number of fused-ring (bicyclic) bond motifs is 1. The molecule has 4 rings (SSSR count). The van der Waals surface area contributed by atoms with Gasteiger partial charge in [-0.15, -0.1) is 0 Å². The van der Waals surface area contributed by atoms with E-state index in [0.717, 1.165) is 44.6 Å². The molecule has 2 aliphatic heterocycles. The number of hydrogen-bond acceptors (Lipinski definition) is 6. The van der Waals surface area contributed by atoms with Crippen molar-refractivity contribution >= 4 is 17.5 Å². The molecule has 0 spiro atoms. The van der Waals surface area contributed by atoms with E-state index in [0.29, 0.717) is 18.0 Å². The van der Waals surface area contributed by atoms with E-state index >= 15 is 0 Å². The molecule has 2 N–H and O–H groups in total. The lowest BCUT2D eigenvalue weighted by Gasteiger charge is -2.34. The highest BCUT2D eigenvalue weighted by atomic mass is 16.7. The summed E-state index contributed by atoms with van der Waals surface area (Å²) in [5, 5.41) is 5.32. The number of likely N-dealkylation sites (N-methyl/N-ethyl adjacent to an activating group) is 1. The number of carbonyl (C=O) groups excluding carboxylic acids is 2. The molecule has 2 amide bonds. The number of piperazine rings is 1. The second-order valence-corrected chi connectivity index (χ2v) is 8.19. The first-order valence-corrected chi connectivity index (χ1v) is 11.1. The lowest BCUT2D eigenvalue weighted by atomic mass is 10.1. The van der Waals surface area contributed by atoms with Gasteiger partial charge in [0, 0.05) is 45.0 Å². The van der Waals surface area contributed by atoms with Gasteiger partial charge in [0.15, 0.2) is 11.5 Å². The second-order valence-electron chi connectivity index (χ2n) is 8.19. The van der Waals surface area contributed by atoms with Crippen molar-refractivity contribution in [3.8, 4) is 11.5 Å². The van der Waals surface area contributed by atoms with Crippen LogP contribution in [0.1, 0.15) is 17.5 Å². The van der Waals surface area contributed by atoms with Gasteiger partial charge < -0.3 is 29.9 Å². The average molecular weight is 439 g/mol. The number of rotatable bonds is 7. The van der Waals surface area contributed by atoms with E-state index in [-0.39, 0.29) is 13.3 Å². The summed E-state index contributed by atoms with van der Waals surface area (Å²) in [6, 6.07) is 14.1. The summed E-state index contributed by atoms with van der Waals surface area (Å²) < 4.78 is 10.6. The zero-order valence-corrected chi connectivity index (χ0v) is 18.4. The molecule has 0 aromatic heterocycles. The third kappa shape index (κ3) is 5.70. The van der Waals surface area contributed by atoms with Gasteiger partial charge in [0.05, 0.1) is 0 Å². The number of nitrogens with one attached hydrogen (secondary N) is 2. The fraction of sp³-hybridized carbons (Fsp3) is 0.417. The largest absolute Gasteiger partial charge is 0.454 e. The van der Waals surface area contributed by atoms with Crippen LogP contribution in [0, 0.1) is 0 Å². The monoisotopic (exact) mass is 438 g/mol. The number of nitrogens with zero attached hydrogens (tertiary/aromatic N) is 2. The standard InChI is InChI=1S/C24H30N4O4/c1-27-11-13-28(14-12-27)20-7-4-18(5-8-20)3-2-10-25-23(29)24(30)26-16-19-6-9-21-22(15-19)32-17-31-21/h4-9,15H,2-3,10-14,16-17H2,1H3,(H,25,29)(H,26,30). The van der Waals surface area contributed by atoms with Crippen LogP contribution in [0.4, 0.5) is 5.69 Å². The molecule has 170 valence electrons. The van der Waals surface area contributed by atoms with E-state index < -0.39 is 11.8 Å². The van der Waals surface area contributed by atoms with Crippen LogP contribution in [0.3, 0.4) is 0 Å². The van der Waals surface area contributed by atoms with Crippen molar-refractivity contribution in [2.24, 2.45) is 0 Å². The topological polar surface area (TPSA) is 83.1 Å². The summed E-state index contributed by atoms with van der Waals surface area (Å²) in [6.45, 7) is 5.20. The third-order valence-electron chi connectivity index (χ3n) is 5.83. The van der Waals surface area contributed by atoms with Crippen molar-refractivity contribution < 1.29 is 19.1 Å². The maximum Gasteiger partial charge on any atom is 0.309 e. The van der Waals surface area contributed by atoms with Crippen molar-refractivity contribution in [1.82, 2.24) is 15.5 Å². The van der Waals surface area contributed by atoms with Gasteiger partial charge in [-0.05, 0) is 55.3 Å². The van der Waals surface area contributed by atoms with E-state index in [1.165, 1.54) is 11.3 Å². The fourth-order valence-electron chi connectivity index (χ4n) is 3.83. The summed E-state index contributed by atoms with van der Waals surface area (Å²) in [5.41, 5.74) is 3.33. The van der Waals surface area contributed by atoms with Crippen molar-refractivity contribution in [3.05, 3.63) is 53.6 Å². The molecule has 0 unspecified atom stereocenters. The number of aryl methyl sites for hydroxylation is 1. The maximum absolute atomic E-state index is 12.0. The third-order valence-corrected chi connectivity index (χ3v) is 5.83. The van der Waals surface area contributed by atoms with Gasteiger partial charge in [0.25, 0.3) is 0 Å². The van der Waals surface area contributed by atoms with Gasteiger partial charge in [-0.2, -0.15) is 0 Å². The maximum atomic E-state index is 12.0. The Bertz CT molecular complexity index is 940. The lowest BCUT2D eigenvalue weighted by Crippen LogP contribution is -2.44. The van der Waals surface area contributed by atoms with Crippen molar-refractivity contribution in [3.63, 3.8) is 0 Å².